The van der Waals surface area contributed by atoms with Crippen LogP contribution in [-0.2, 0) is 22.3 Å². The second-order valence-corrected chi connectivity index (χ2v) is 9.76. The Hall–Kier alpha value is -3.83. The lowest BCUT2D eigenvalue weighted by Gasteiger charge is -2.22. The molecule has 12 heteroatoms. The molecule has 0 saturated heterocycles. The van der Waals surface area contributed by atoms with E-state index >= 15 is 0 Å². The molecule has 4 aromatic rings. The second kappa shape index (κ2) is 11.5. The van der Waals surface area contributed by atoms with Crippen LogP contribution in [0.2, 0.25) is 5.02 Å². The van der Waals surface area contributed by atoms with E-state index in [9.17, 15) is 18.0 Å². The number of nitrogens with zero attached hydrogens (tertiary/aromatic N) is 3. The summed E-state index contributed by atoms with van der Waals surface area (Å²) in [4.78, 5) is 20.9. The fraction of sp³-hybridized carbons (Fsp3) is 0.296. The Kier molecular flexibility index (Phi) is 8.31. The minimum atomic E-state index is -4.48. The Morgan fingerprint density at radius 3 is 2.62 bits per heavy atom. The molecule has 2 heterocycles. The first kappa shape index (κ1) is 28.2. The highest BCUT2D eigenvalue weighted by Crippen LogP contribution is 2.36. The van der Waals surface area contributed by atoms with Crippen LogP contribution in [0.25, 0.3) is 11.0 Å². The zero-order chi connectivity index (χ0) is 28.2. The van der Waals surface area contributed by atoms with Gasteiger partial charge in [0, 0.05) is 32.1 Å². The van der Waals surface area contributed by atoms with Crippen LogP contribution in [0.4, 0.5) is 24.7 Å². The number of amides is 1. The van der Waals surface area contributed by atoms with Gasteiger partial charge in [-0.2, -0.15) is 13.2 Å². The number of alkyl halides is 3. The Morgan fingerprint density at radius 1 is 1.10 bits per heavy atom. The number of hydrogen-bond acceptors (Lipinski definition) is 6. The number of aromatic nitrogens is 3. The number of nitrogens with one attached hydrogen (secondary N) is 2. The standard InChI is InChI=1S/C27H27ClF3N5O3/c1-26(2,38-3)15-23(37)32-10-12-36-11-9-21-24(36)25(34-16-33-21)35-18-7-8-22(20(28)14-18)39-19-6-4-5-17(13-19)27(29,30)31/h4-9,11,13-14,16H,10,12,15H2,1-3H3,(H,32,37)(H,33,34,35). The highest BCUT2D eigenvalue weighted by atomic mass is 35.5. The molecule has 0 aliphatic heterocycles. The second-order valence-electron chi connectivity index (χ2n) is 9.35. The van der Waals surface area contributed by atoms with Crippen molar-refractivity contribution in [2.45, 2.75) is 38.6 Å². The topological polar surface area (TPSA) is 90.3 Å². The molecule has 8 nitrogen and oxygen atoms in total. The quantitative estimate of drug-likeness (QED) is 0.228. The Morgan fingerprint density at radius 2 is 1.90 bits per heavy atom. The van der Waals surface area contributed by atoms with Crippen molar-refractivity contribution in [3.05, 3.63) is 71.6 Å². The lowest BCUT2D eigenvalue weighted by Crippen LogP contribution is -2.35. The van der Waals surface area contributed by atoms with Crippen molar-refractivity contribution >= 4 is 40.0 Å². The van der Waals surface area contributed by atoms with E-state index in [1.807, 2.05) is 30.7 Å². The highest BCUT2D eigenvalue weighted by Gasteiger charge is 2.30. The van der Waals surface area contributed by atoms with Gasteiger partial charge in [0.05, 0.1) is 28.1 Å². The summed E-state index contributed by atoms with van der Waals surface area (Å²) < 4.78 is 51.9. The Bertz CT molecular complexity index is 1470. The summed E-state index contributed by atoms with van der Waals surface area (Å²) in [5, 5.41) is 6.30. The highest BCUT2D eigenvalue weighted by molar-refractivity contribution is 6.32. The van der Waals surface area contributed by atoms with Crippen LogP contribution in [0.3, 0.4) is 0 Å². The fourth-order valence-corrected chi connectivity index (χ4v) is 4.03. The largest absolute Gasteiger partial charge is 0.456 e. The van der Waals surface area contributed by atoms with E-state index < -0.39 is 17.3 Å². The van der Waals surface area contributed by atoms with Crippen molar-refractivity contribution in [2.24, 2.45) is 0 Å². The number of rotatable bonds is 10. The molecule has 0 aliphatic rings. The Balaban J connectivity index is 1.46. The molecule has 39 heavy (non-hydrogen) atoms. The third-order valence-corrected chi connectivity index (χ3v) is 6.24. The SMILES string of the molecule is COC(C)(C)CC(=O)NCCn1ccc2ncnc(Nc3ccc(Oc4cccc(C(F)(F)F)c4)c(Cl)c3)c21. The molecular weight excluding hydrogens is 535 g/mol. The van der Waals surface area contributed by atoms with Crippen LogP contribution < -0.4 is 15.4 Å². The molecule has 0 saturated carbocycles. The predicted octanol–water partition coefficient (Wildman–Crippen LogP) is 6.57. The van der Waals surface area contributed by atoms with Crippen molar-refractivity contribution in [1.29, 1.82) is 0 Å². The van der Waals surface area contributed by atoms with E-state index in [0.29, 0.717) is 30.1 Å². The van der Waals surface area contributed by atoms with Crippen molar-refractivity contribution in [3.8, 4) is 11.5 Å². The number of hydrogen-bond donors (Lipinski definition) is 2. The number of ether oxygens (including phenoxy) is 2. The molecule has 206 valence electrons. The monoisotopic (exact) mass is 561 g/mol. The summed E-state index contributed by atoms with van der Waals surface area (Å²) in [6.07, 6.45) is -0.963. The van der Waals surface area contributed by atoms with Crippen molar-refractivity contribution in [3.63, 3.8) is 0 Å². The summed E-state index contributed by atoms with van der Waals surface area (Å²) in [5.41, 5.74) is 0.645. The number of halogens is 4. The first-order valence-electron chi connectivity index (χ1n) is 12.0. The van der Waals surface area contributed by atoms with Gasteiger partial charge in [0.2, 0.25) is 5.91 Å². The fourth-order valence-electron chi connectivity index (χ4n) is 3.81. The Labute approximate surface area is 228 Å². The lowest BCUT2D eigenvalue weighted by atomic mass is 10.1. The van der Waals surface area contributed by atoms with Gasteiger partial charge >= 0.3 is 6.18 Å². The first-order valence-corrected chi connectivity index (χ1v) is 12.4. The van der Waals surface area contributed by atoms with Gasteiger partial charge in [-0.1, -0.05) is 17.7 Å². The molecule has 0 atom stereocenters. The van der Waals surface area contributed by atoms with E-state index in [0.717, 1.165) is 17.6 Å². The van der Waals surface area contributed by atoms with E-state index in [-0.39, 0.29) is 28.8 Å². The van der Waals surface area contributed by atoms with Crippen molar-refractivity contribution in [2.75, 3.05) is 19.0 Å². The molecule has 0 fully saturated rings. The summed E-state index contributed by atoms with van der Waals surface area (Å²) in [7, 11) is 1.57. The number of anilines is 2. The lowest BCUT2D eigenvalue weighted by molar-refractivity contribution is -0.137. The van der Waals surface area contributed by atoms with Crippen LogP contribution in [0.15, 0.2) is 61.1 Å². The predicted molar refractivity (Wildman–Crippen MR) is 142 cm³/mol. The molecule has 2 aromatic carbocycles. The third-order valence-electron chi connectivity index (χ3n) is 5.95. The number of fused-ring (bicyclic) bond motifs is 1. The number of benzene rings is 2. The molecule has 1 amide bonds. The van der Waals surface area contributed by atoms with Gasteiger partial charge in [0.1, 0.15) is 23.3 Å². The smallest absolute Gasteiger partial charge is 0.416 e. The summed E-state index contributed by atoms with van der Waals surface area (Å²) >= 11 is 6.38. The van der Waals surface area contributed by atoms with Crippen LogP contribution in [0.5, 0.6) is 11.5 Å². The minimum Gasteiger partial charge on any atom is -0.456 e. The van der Waals surface area contributed by atoms with E-state index in [1.165, 1.54) is 18.5 Å². The number of carbonyl (C=O) groups excluding carboxylic acids is 1. The average molecular weight is 562 g/mol. The van der Waals surface area contributed by atoms with Gasteiger partial charge in [-0.3, -0.25) is 4.79 Å². The molecular formula is C27H27ClF3N5O3. The van der Waals surface area contributed by atoms with Gasteiger partial charge in [0.15, 0.2) is 5.82 Å². The normalized spacial score (nSPS) is 12.0. The number of methoxy groups -OCH3 is 1. The molecule has 0 bridgehead atoms. The molecule has 0 radical (unpaired) electrons. The molecule has 0 unspecified atom stereocenters. The van der Waals surface area contributed by atoms with Crippen LogP contribution in [0.1, 0.15) is 25.8 Å². The minimum absolute atomic E-state index is 0.0145. The third kappa shape index (κ3) is 7.18. The van der Waals surface area contributed by atoms with Gasteiger partial charge in [-0.05, 0) is 56.3 Å². The maximum atomic E-state index is 13.0. The van der Waals surface area contributed by atoms with Crippen LogP contribution in [0, 0.1) is 0 Å². The summed E-state index contributed by atoms with van der Waals surface area (Å²) in [5.74, 6) is 0.611. The van der Waals surface area contributed by atoms with E-state index in [1.54, 1.807) is 25.3 Å². The molecule has 4 rings (SSSR count). The van der Waals surface area contributed by atoms with Crippen molar-refractivity contribution < 1.29 is 27.4 Å². The average Bonchev–Trinajstić information content (AvgIpc) is 3.29. The maximum Gasteiger partial charge on any atom is 0.416 e. The van der Waals surface area contributed by atoms with Crippen molar-refractivity contribution in [1.82, 2.24) is 19.9 Å². The van der Waals surface area contributed by atoms with Gasteiger partial charge in [0.25, 0.3) is 0 Å². The zero-order valence-corrected chi connectivity index (χ0v) is 22.2. The summed E-state index contributed by atoms with van der Waals surface area (Å²) in [6, 6.07) is 11.2. The van der Waals surface area contributed by atoms with Gasteiger partial charge in [-0.25, -0.2) is 9.97 Å². The molecule has 0 aliphatic carbocycles. The van der Waals surface area contributed by atoms with Crippen LogP contribution in [-0.4, -0.2) is 39.7 Å². The van der Waals surface area contributed by atoms with E-state index in [2.05, 4.69) is 20.6 Å². The summed E-state index contributed by atoms with van der Waals surface area (Å²) in [6.45, 7) is 4.56. The zero-order valence-electron chi connectivity index (χ0n) is 21.5. The molecule has 2 N–H and O–H groups in total. The molecule has 0 spiro atoms. The van der Waals surface area contributed by atoms with Crippen LogP contribution >= 0.6 is 11.6 Å². The molecule has 2 aromatic heterocycles. The number of carbonyl (C=O) groups is 1. The first-order chi connectivity index (χ1) is 18.4. The maximum absolute atomic E-state index is 13.0. The van der Waals surface area contributed by atoms with E-state index in [4.69, 9.17) is 21.1 Å². The van der Waals surface area contributed by atoms with Gasteiger partial charge < -0.3 is 24.7 Å². The van der Waals surface area contributed by atoms with Gasteiger partial charge in [-0.15, -0.1) is 0 Å².